The van der Waals surface area contributed by atoms with Gasteiger partial charge in [-0.2, -0.15) is 10.2 Å². The number of hydrogen-bond donors (Lipinski definition) is 2. The minimum atomic E-state index is -1.90. The highest BCUT2D eigenvalue weighted by molar-refractivity contribution is 5.86. The SMILES string of the molecule is CCCOc1nccc(-c2[nH]c(C3(C(=O)NCC#N)OCC(C)CO3)nc2-c2ccc(F)cc2)n1. The Morgan fingerprint density at radius 1 is 1.29 bits per heavy atom. The number of imidazole rings is 1. The maximum Gasteiger partial charge on any atom is 0.316 e. The summed E-state index contributed by atoms with van der Waals surface area (Å²) >= 11 is 0. The van der Waals surface area contributed by atoms with Crippen LogP contribution in [-0.4, -0.2) is 52.2 Å². The molecule has 0 bridgehead atoms. The van der Waals surface area contributed by atoms with Crippen molar-refractivity contribution in [2.75, 3.05) is 26.4 Å². The lowest BCUT2D eigenvalue weighted by Gasteiger charge is -2.36. The predicted octanol–water partition coefficient (Wildman–Crippen LogP) is 2.94. The van der Waals surface area contributed by atoms with Crippen LogP contribution in [0.1, 0.15) is 26.1 Å². The first-order valence-electron chi connectivity index (χ1n) is 11.2. The molecule has 2 aromatic heterocycles. The van der Waals surface area contributed by atoms with Gasteiger partial charge in [0.25, 0.3) is 5.91 Å². The monoisotopic (exact) mass is 480 g/mol. The molecule has 1 saturated heterocycles. The number of ether oxygens (including phenoxy) is 3. The van der Waals surface area contributed by atoms with Gasteiger partial charge in [-0.3, -0.25) is 4.79 Å². The zero-order valence-electron chi connectivity index (χ0n) is 19.4. The van der Waals surface area contributed by atoms with Crippen LogP contribution in [0.4, 0.5) is 4.39 Å². The molecular formula is C24H25FN6O4. The number of nitrogens with zero attached hydrogens (tertiary/aromatic N) is 4. The number of H-pyrrole nitrogens is 1. The highest BCUT2D eigenvalue weighted by Gasteiger charge is 2.49. The summed E-state index contributed by atoms with van der Waals surface area (Å²) in [6.45, 7) is 4.59. The van der Waals surface area contributed by atoms with E-state index < -0.39 is 17.5 Å². The molecule has 182 valence electrons. The van der Waals surface area contributed by atoms with E-state index in [1.165, 1.54) is 12.1 Å². The zero-order chi connectivity index (χ0) is 24.8. The van der Waals surface area contributed by atoms with Gasteiger partial charge in [-0.05, 0) is 36.8 Å². The Kier molecular flexibility index (Phi) is 7.33. The molecule has 10 nitrogen and oxygen atoms in total. The molecule has 0 unspecified atom stereocenters. The fourth-order valence-electron chi connectivity index (χ4n) is 3.49. The average Bonchev–Trinajstić information content (AvgIpc) is 3.33. The van der Waals surface area contributed by atoms with E-state index in [-0.39, 0.29) is 37.5 Å². The Morgan fingerprint density at radius 3 is 2.71 bits per heavy atom. The van der Waals surface area contributed by atoms with Crippen molar-refractivity contribution < 1.29 is 23.4 Å². The van der Waals surface area contributed by atoms with Gasteiger partial charge in [-0.15, -0.1) is 0 Å². The second-order valence-electron chi connectivity index (χ2n) is 8.07. The van der Waals surface area contributed by atoms with Crippen LogP contribution in [0.2, 0.25) is 0 Å². The third-order valence-electron chi connectivity index (χ3n) is 5.23. The van der Waals surface area contributed by atoms with Crippen molar-refractivity contribution in [2.24, 2.45) is 5.92 Å². The highest BCUT2D eigenvalue weighted by atomic mass is 19.1. The van der Waals surface area contributed by atoms with E-state index >= 15 is 0 Å². The van der Waals surface area contributed by atoms with E-state index in [1.807, 2.05) is 19.9 Å². The van der Waals surface area contributed by atoms with Gasteiger partial charge in [0.1, 0.15) is 12.4 Å². The van der Waals surface area contributed by atoms with Crippen LogP contribution in [0.3, 0.4) is 0 Å². The molecule has 11 heteroatoms. The van der Waals surface area contributed by atoms with Crippen molar-refractivity contribution in [1.29, 1.82) is 5.26 Å². The van der Waals surface area contributed by atoms with Gasteiger partial charge in [-0.1, -0.05) is 13.8 Å². The Labute approximate surface area is 201 Å². The van der Waals surface area contributed by atoms with Crippen LogP contribution in [0.5, 0.6) is 6.01 Å². The fourth-order valence-corrected chi connectivity index (χ4v) is 3.49. The van der Waals surface area contributed by atoms with Crippen molar-refractivity contribution in [3.63, 3.8) is 0 Å². The van der Waals surface area contributed by atoms with E-state index in [2.05, 4.69) is 25.3 Å². The highest BCUT2D eigenvalue weighted by Crippen LogP contribution is 2.37. The van der Waals surface area contributed by atoms with Gasteiger partial charge >= 0.3 is 11.8 Å². The minimum absolute atomic E-state index is 0.0537. The standard InChI is InChI=1S/C24H25FN6O4/c1-3-12-33-23-28-10-8-18(29-23)20-19(16-4-6-17(25)7-5-16)30-21(31-20)24(22(32)27-11-9-26)34-13-15(2)14-35-24/h4-8,10,15H,3,11-14H2,1-2H3,(H,27,32)(H,30,31). The second-order valence-corrected chi connectivity index (χ2v) is 8.07. The molecule has 0 radical (unpaired) electrons. The Hall–Kier alpha value is -3.88. The average molecular weight is 481 g/mol. The van der Waals surface area contributed by atoms with Crippen LogP contribution in [0.15, 0.2) is 36.5 Å². The molecule has 1 aromatic carbocycles. The molecule has 0 aliphatic carbocycles. The lowest BCUT2D eigenvalue weighted by atomic mass is 10.1. The number of carbonyl (C=O) groups excluding carboxylic acids is 1. The molecule has 0 spiro atoms. The zero-order valence-corrected chi connectivity index (χ0v) is 19.4. The van der Waals surface area contributed by atoms with Gasteiger partial charge in [0.15, 0.2) is 5.82 Å². The quantitative estimate of drug-likeness (QED) is 0.470. The van der Waals surface area contributed by atoms with E-state index in [9.17, 15) is 9.18 Å². The smallest absolute Gasteiger partial charge is 0.316 e. The summed E-state index contributed by atoms with van der Waals surface area (Å²) in [4.78, 5) is 29.5. The number of amides is 1. The van der Waals surface area contributed by atoms with Crippen LogP contribution in [0, 0.1) is 23.1 Å². The van der Waals surface area contributed by atoms with Crippen LogP contribution < -0.4 is 10.1 Å². The molecule has 1 aliphatic heterocycles. The summed E-state index contributed by atoms with van der Waals surface area (Å²) in [6, 6.07) is 9.49. The number of hydrogen-bond acceptors (Lipinski definition) is 8. The normalized spacial score (nSPS) is 19.7. The lowest BCUT2D eigenvalue weighted by Crippen LogP contribution is -2.53. The van der Waals surface area contributed by atoms with E-state index in [4.69, 9.17) is 19.5 Å². The van der Waals surface area contributed by atoms with Gasteiger partial charge < -0.3 is 24.5 Å². The van der Waals surface area contributed by atoms with E-state index in [1.54, 1.807) is 24.4 Å². The van der Waals surface area contributed by atoms with Crippen LogP contribution in [-0.2, 0) is 20.1 Å². The Bertz CT molecular complexity index is 1220. The van der Waals surface area contributed by atoms with Crippen molar-refractivity contribution in [1.82, 2.24) is 25.3 Å². The minimum Gasteiger partial charge on any atom is -0.463 e. The maximum atomic E-state index is 13.6. The van der Waals surface area contributed by atoms with E-state index in [0.717, 1.165) is 6.42 Å². The third-order valence-corrected chi connectivity index (χ3v) is 5.23. The largest absolute Gasteiger partial charge is 0.463 e. The first-order valence-corrected chi connectivity index (χ1v) is 11.2. The number of rotatable bonds is 8. The van der Waals surface area contributed by atoms with Gasteiger partial charge in [0.05, 0.1) is 43.0 Å². The molecule has 35 heavy (non-hydrogen) atoms. The van der Waals surface area contributed by atoms with Gasteiger partial charge in [-0.25, -0.2) is 14.4 Å². The first-order chi connectivity index (χ1) is 17.0. The summed E-state index contributed by atoms with van der Waals surface area (Å²) in [5.74, 6) is -2.83. The predicted molar refractivity (Wildman–Crippen MR) is 122 cm³/mol. The molecular weight excluding hydrogens is 455 g/mol. The number of aromatic amines is 1. The Balaban J connectivity index is 1.84. The Morgan fingerprint density at radius 2 is 2.03 bits per heavy atom. The van der Waals surface area contributed by atoms with Crippen molar-refractivity contribution in [3.05, 3.63) is 48.2 Å². The molecule has 1 aliphatic rings. The summed E-state index contributed by atoms with van der Waals surface area (Å²) in [6.07, 6.45) is 2.34. The van der Waals surface area contributed by atoms with Crippen molar-refractivity contribution >= 4 is 5.91 Å². The molecule has 0 atom stereocenters. The summed E-state index contributed by atoms with van der Waals surface area (Å²) in [5, 5.41) is 11.4. The molecule has 0 saturated carbocycles. The number of nitriles is 1. The molecule has 1 fully saturated rings. The van der Waals surface area contributed by atoms with E-state index in [0.29, 0.717) is 29.3 Å². The summed E-state index contributed by atoms with van der Waals surface area (Å²) in [7, 11) is 0. The maximum absolute atomic E-state index is 13.6. The van der Waals surface area contributed by atoms with Crippen molar-refractivity contribution in [3.8, 4) is 34.7 Å². The summed E-state index contributed by atoms with van der Waals surface area (Å²) in [5.41, 5.74) is 1.86. The van der Waals surface area contributed by atoms with Crippen LogP contribution in [0.25, 0.3) is 22.6 Å². The fraction of sp³-hybridized carbons (Fsp3) is 0.375. The van der Waals surface area contributed by atoms with Crippen molar-refractivity contribution in [2.45, 2.75) is 26.1 Å². The number of halogens is 1. The number of carbonyl (C=O) groups is 1. The number of benzene rings is 1. The second kappa shape index (κ2) is 10.6. The van der Waals surface area contributed by atoms with Crippen LogP contribution >= 0.6 is 0 Å². The molecule has 2 N–H and O–H groups in total. The topological polar surface area (TPSA) is 135 Å². The lowest BCUT2D eigenvalue weighted by molar-refractivity contribution is -0.277. The molecule has 1 amide bonds. The molecule has 3 aromatic rings. The van der Waals surface area contributed by atoms with Gasteiger partial charge in [0, 0.05) is 17.7 Å². The molecule has 4 rings (SSSR count). The number of nitrogens with one attached hydrogen (secondary N) is 2. The summed E-state index contributed by atoms with van der Waals surface area (Å²) < 4.78 is 31.0. The molecule has 3 heterocycles. The third kappa shape index (κ3) is 5.13. The number of aromatic nitrogens is 4. The first kappa shape index (κ1) is 24.3. The van der Waals surface area contributed by atoms with Gasteiger partial charge in [0.2, 0.25) is 0 Å².